The largest absolute Gasteiger partial charge is 0.354 e. The molecule has 0 radical (unpaired) electrons. The van der Waals surface area contributed by atoms with Crippen molar-refractivity contribution in [3.05, 3.63) is 47.8 Å². The van der Waals surface area contributed by atoms with Gasteiger partial charge in [-0.3, -0.25) is 19.4 Å². The van der Waals surface area contributed by atoms with Crippen LogP contribution >= 0.6 is 0 Å². The van der Waals surface area contributed by atoms with E-state index in [1.54, 1.807) is 18.3 Å². The molecule has 4 N–H and O–H groups in total. The lowest BCUT2D eigenvalue weighted by Crippen LogP contribution is -2.46. The molecule has 0 spiro atoms. The van der Waals surface area contributed by atoms with Crippen LogP contribution in [0.15, 0.2) is 30.7 Å². The predicted molar refractivity (Wildman–Crippen MR) is 92.1 cm³/mol. The maximum atomic E-state index is 12.5. The fourth-order valence-corrected chi connectivity index (χ4v) is 2.71. The minimum atomic E-state index is -0.619. The van der Waals surface area contributed by atoms with Crippen molar-refractivity contribution in [3.8, 4) is 0 Å². The maximum absolute atomic E-state index is 12.5. The number of imidazole rings is 1. The molecular weight excluding hydrogens is 336 g/mol. The summed E-state index contributed by atoms with van der Waals surface area (Å²) >= 11 is 0. The van der Waals surface area contributed by atoms with Gasteiger partial charge in [0.15, 0.2) is 5.69 Å². The first-order valence-electron chi connectivity index (χ1n) is 8.45. The molecule has 3 rings (SSSR count). The Kier molecular flexibility index (Phi) is 5.57. The van der Waals surface area contributed by atoms with Crippen molar-refractivity contribution in [2.75, 3.05) is 6.54 Å². The highest BCUT2D eigenvalue weighted by Gasteiger charge is 2.26. The van der Waals surface area contributed by atoms with E-state index in [1.165, 1.54) is 6.33 Å². The Balaban J connectivity index is 1.64. The standard InChI is InChI=1S/C17H20N6O3/c24-15-12(6-2-4-8-19-15)23-17(26)14-13(21-10-22-14)16(25)20-9-11-5-1-3-7-18-11/h1,3,5,7,10,12H,2,4,6,8-9H2,(H,19,24)(H,20,25)(H,21,22)(H,23,26)/t12-/m1/s1. The summed E-state index contributed by atoms with van der Waals surface area (Å²) in [5, 5.41) is 8.09. The number of hydrogen-bond donors (Lipinski definition) is 4. The molecule has 136 valence electrons. The molecule has 0 aromatic carbocycles. The molecule has 0 saturated carbocycles. The molecule has 1 atom stereocenters. The Morgan fingerprint density at radius 2 is 2.08 bits per heavy atom. The first-order valence-corrected chi connectivity index (χ1v) is 8.45. The molecule has 2 aromatic heterocycles. The highest BCUT2D eigenvalue weighted by atomic mass is 16.2. The number of hydrogen-bond acceptors (Lipinski definition) is 5. The summed E-state index contributed by atoms with van der Waals surface area (Å²) in [6.07, 6.45) is 5.18. The second-order valence-electron chi connectivity index (χ2n) is 5.94. The fourth-order valence-electron chi connectivity index (χ4n) is 2.71. The number of carbonyl (C=O) groups excluding carboxylic acids is 3. The van der Waals surface area contributed by atoms with Crippen molar-refractivity contribution in [2.24, 2.45) is 0 Å². The van der Waals surface area contributed by atoms with Crippen molar-refractivity contribution in [1.29, 1.82) is 0 Å². The number of nitrogens with one attached hydrogen (secondary N) is 4. The Morgan fingerprint density at radius 3 is 2.88 bits per heavy atom. The SMILES string of the molecule is O=C(N[C@@H]1CCCCNC1=O)c1nc[nH]c1C(=O)NCc1ccccn1. The molecule has 1 saturated heterocycles. The Morgan fingerprint density at radius 1 is 1.19 bits per heavy atom. The average Bonchev–Trinajstić information content (AvgIpc) is 3.07. The summed E-state index contributed by atoms with van der Waals surface area (Å²) < 4.78 is 0. The summed E-state index contributed by atoms with van der Waals surface area (Å²) in [5.41, 5.74) is 0.703. The zero-order valence-corrected chi connectivity index (χ0v) is 14.1. The predicted octanol–water partition coefficient (Wildman–Crippen LogP) is 0.133. The summed E-state index contributed by atoms with van der Waals surface area (Å²) in [6.45, 7) is 0.833. The molecule has 9 heteroatoms. The van der Waals surface area contributed by atoms with Gasteiger partial charge in [-0.25, -0.2) is 4.98 Å². The van der Waals surface area contributed by atoms with Crippen LogP contribution in [0.1, 0.15) is 45.9 Å². The first-order chi connectivity index (χ1) is 12.6. The Bertz CT molecular complexity index is 789. The van der Waals surface area contributed by atoms with Gasteiger partial charge in [-0.15, -0.1) is 0 Å². The minimum absolute atomic E-state index is 0.0411. The van der Waals surface area contributed by atoms with Crippen molar-refractivity contribution in [3.63, 3.8) is 0 Å². The first kappa shape index (κ1) is 17.6. The second-order valence-corrected chi connectivity index (χ2v) is 5.94. The van der Waals surface area contributed by atoms with Crippen LogP contribution in [-0.4, -0.2) is 45.3 Å². The van der Waals surface area contributed by atoms with Gasteiger partial charge in [0, 0.05) is 12.7 Å². The monoisotopic (exact) mass is 356 g/mol. The van der Waals surface area contributed by atoms with E-state index in [2.05, 4.69) is 30.9 Å². The van der Waals surface area contributed by atoms with Crippen LogP contribution in [0.2, 0.25) is 0 Å². The zero-order chi connectivity index (χ0) is 18.4. The zero-order valence-electron chi connectivity index (χ0n) is 14.1. The van der Waals surface area contributed by atoms with Gasteiger partial charge in [-0.1, -0.05) is 6.07 Å². The molecule has 1 fully saturated rings. The summed E-state index contributed by atoms with van der Waals surface area (Å²) in [7, 11) is 0. The van der Waals surface area contributed by atoms with Crippen molar-refractivity contribution >= 4 is 17.7 Å². The molecule has 1 aliphatic rings. The van der Waals surface area contributed by atoms with Crippen LogP contribution in [0.4, 0.5) is 0 Å². The minimum Gasteiger partial charge on any atom is -0.354 e. The van der Waals surface area contributed by atoms with Crippen LogP contribution in [0, 0.1) is 0 Å². The van der Waals surface area contributed by atoms with Gasteiger partial charge < -0.3 is 20.9 Å². The third kappa shape index (κ3) is 4.24. The molecule has 3 heterocycles. The number of nitrogens with zero attached hydrogens (tertiary/aromatic N) is 2. The normalized spacial score (nSPS) is 17.1. The van der Waals surface area contributed by atoms with E-state index < -0.39 is 17.9 Å². The molecular formula is C17H20N6O3. The lowest BCUT2D eigenvalue weighted by Gasteiger charge is -2.14. The third-order valence-corrected chi connectivity index (χ3v) is 4.08. The van der Waals surface area contributed by atoms with Crippen LogP contribution in [0.25, 0.3) is 0 Å². The van der Waals surface area contributed by atoms with E-state index in [9.17, 15) is 14.4 Å². The van der Waals surface area contributed by atoms with Gasteiger partial charge in [0.05, 0.1) is 18.6 Å². The van der Waals surface area contributed by atoms with Crippen molar-refractivity contribution in [2.45, 2.75) is 31.8 Å². The fraction of sp³-hybridized carbons (Fsp3) is 0.353. The van der Waals surface area contributed by atoms with Gasteiger partial charge in [0.25, 0.3) is 11.8 Å². The number of aromatic amines is 1. The third-order valence-electron chi connectivity index (χ3n) is 4.08. The highest BCUT2D eigenvalue weighted by Crippen LogP contribution is 2.08. The maximum Gasteiger partial charge on any atom is 0.272 e. The average molecular weight is 356 g/mol. The number of amides is 3. The van der Waals surface area contributed by atoms with E-state index in [0.29, 0.717) is 18.7 Å². The van der Waals surface area contributed by atoms with Crippen LogP contribution in [-0.2, 0) is 11.3 Å². The lowest BCUT2D eigenvalue weighted by molar-refractivity contribution is -0.122. The molecule has 1 aliphatic heterocycles. The Hall–Kier alpha value is -3.23. The van der Waals surface area contributed by atoms with Crippen LogP contribution in [0.5, 0.6) is 0 Å². The van der Waals surface area contributed by atoms with Gasteiger partial charge in [0.2, 0.25) is 5.91 Å². The quantitative estimate of drug-likeness (QED) is 0.605. The van der Waals surface area contributed by atoms with Gasteiger partial charge in [-0.05, 0) is 31.4 Å². The summed E-state index contributed by atoms with van der Waals surface area (Å²) in [5.74, 6) is -1.24. The van der Waals surface area contributed by atoms with Crippen LogP contribution < -0.4 is 16.0 Å². The second kappa shape index (κ2) is 8.24. The molecule has 0 bridgehead atoms. The van der Waals surface area contributed by atoms with Crippen molar-refractivity contribution < 1.29 is 14.4 Å². The van der Waals surface area contributed by atoms with E-state index in [0.717, 1.165) is 12.8 Å². The molecule has 9 nitrogen and oxygen atoms in total. The van der Waals surface area contributed by atoms with Gasteiger partial charge >= 0.3 is 0 Å². The number of rotatable bonds is 5. The van der Waals surface area contributed by atoms with Crippen molar-refractivity contribution in [1.82, 2.24) is 30.9 Å². The van der Waals surface area contributed by atoms with E-state index in [4.69, 9.17) is 0 Å². The molecule has 26 heavy (non-hydrogen) atoms. The van der Waals surface area contributed by atoms with E-state index in [1.807, 2.05) is 6.07 Å². The number of H-pyrrole nitrogens is 1. The molecule has 3 amide bonds. The summed E-state index contributed by atoms with van der Waals surface area (Å²) in [6, 6.07) is 4.77. The Labute approximate surface area is 150 Å². The molecule has 0 aliphatic carbocycles. The lowest BCUT2D eigenvalue weighted by atomic mass is 10.1. The smallest absolute Gasteiger partial charge is 0.272 e. The number of carbonyl (C=O) groups is 3. The summed E-state index contributed by atoms with van der Waals surface area (Å²) in [4.78, 5) is 47.5. The van der Waals surface area contributed by atoms with E-state index in [-0.39, 0.29) is 23.8 Å². The van der Waals surface area contributed by atoms with Gasteiger partial charge in [0.1, 0.15) is 11.7 Å². The number of pyridine rings is 1. The molecule has 0 unspecified atom stereocenters. The topological polar surface area (TPSA) is 129 Å². The number of aromatic nitrogens is 3. The van der Waals surface area contributed by atoms with Crippen LogP contribution in [0.3, 0.4) is 0 Å². The van der Waals surface area contributed by atoms with Gasteiger partial charge in [-0.2, -0.15) is 0 Å². The highest BCUT2D eigenvalue weighted by molar-refractivity contribution is 6.05. The molecule has 2 aromatic rings. The van der Waals surface area contributed by atoms with E-state index >= 15 is 0 Å².